The lowest BCUT2D eigenvalue weighted by Gasteiger charge is -2.21. The maximum atomic E-state index is 4.00. The lowest BCUT2D eigenvalue weighted by Crippen LogP contribution is -2.07. The monoisotopic (exact) mass is 418 g/mol. The normalized spacial score (nSPS) is 23.2. The van der Waals surface area contributed by atoms with Gasteiger partial charge in [0.1, 0.15) is 0 Å². The molecule has 4 rings (SSSR count). The molecule has 0 N–H and O–H groups in total. The lowest BCUT2D eigenvalue weighted by atomic mass is 9.88. The Labute approximate surface area is 149 Å². The van der Waals surface area contributed by atoms with E-state index >= 15 is 0 Å². The smallest absolute Gasteiger partial charge is 0.0404 e. The molecule has 0 heterocycles. The van der Waals surface area contributed by atoms with Crippen molar-refractivity contribution < 1.29 is 0 Å². The number of benzene rings is 2. The van der Waals surface area contributed by atoms with Gasteiger partial charge in [0.2, 0.25) is 0 Å². The minimum Gasteiger partial charge on any atom is -0.0921 e. The highest BCUT2D eigenvalue weighted by Crippen LogP contribution is 2.41. The van der Waals surface area contributed by atoms with Crippen LogP contribution in [-0.2, 0) is 25.7 Å². The Morgan fingerprint density at radius 3 is 2.05 bits per heavy atom. The molecule has 114 valence electrons. The maximum absolute atomic E-state index is 4.00. The molecule has 2 aromatic rings. The minimum atomic E-state index is 0.456. The van der Waals surface area contributed by atoms with Crippen LogP contribution in [0.4, 0.5) is 0 Å². The molecule has 0 spiro atoms. The molecular formula is C20H20Br2. The fourth-order valence-electron chi connectivity index (χ4n) is 3.93. The Kier molecular flexibility index (Phi) is 4.17. The Hall–Kier alpha value is -0.600. The first kappa shape index (κ1) is 15.0. The van der Waals surface area contributed by atoms with Crippen LogP contribution in [0.15, 0.2) is 36.4 Å². The average Bonchev–Trinajstić information content (AvgIpc) is 2.58. The predicted molar refractivity (Wildman–Crippen MR) is 101 cm³/mol. The maximum Gasteiger partial charge on any atom is 0.0404 e. The van der Waals surface area contributed by atoms with Gasteiger partial charge in [-0.25, -0.2) is 0 Å². The fourth-order valence-corrected chi connectivity index (χ4v) is 5.43. The van der Waals surface area contributed by atoms with Crippen LogP contribution >= 0.6 is 31.9 Å². The van der Waals surface area contributed by atoms with Crippen LogP contribution in [-0.4, -0.2) is 5.33 Å². The van der Waals surface area contributed by atoms with Crippen molar-refractivity contribution >= 4 is 31.9 Å². The topological polar surface area (TPSA) is 0 Å². The molecule has 0 unspecified atom stereocenters. The number of fused-ring (bicyclic) bond motifs is 4. The van der Waals surface area contributed by atoms with Gasteiger partial charge in [-0.3, -0.25) is 0 Å². The fraction of sp³-hybridized carbons (Fsp3) is 0.400. The van der Waals surface area contributed by atoms with Crippen LogP contribution in [0.1, 0.15) is 50.5 Å². The van der Waals surface area contributed by atoms with E-state index < -0.39 is 0 Å². The standard InChI is InChI=1S/C20H20Br2/c21-12-17-11-20(22)19-10-14-2-1-13-3-5-15(18(17)9-13)7-8-16(19)6-4-14/h3-6,9-10,17,20H,1-2,7-8,11-12H2/t17-,20-/m0/s1. The van der Waals surface area contributed by atoms with Gasteiger partial charge < -0.3 is 0 Å². The summed E-state index contributed by atoms with van der Waals surface area (Å²) >= 11 is 7.77. The molecule has 0 aromatic heterocycles. The molecule has 2 aliphatic rings. The molecule has 0 saturated carbocycles. The summed E-state index contributed by atoms with van der Waals surface area (Å²) in [4.78, 5) is 0.456. The van der Waals surface area contributed by atoms with E-state index in [4.69, 9.17) is 0 Å². The second-order valence-electron chi connectivity index (χ2n) is 6.62. The quantitative estimate of drug-likeness (QED) is 0.505. The largest absolute Gasteiger partial charge is 0.0921 e. The second kappa shape index (κ2) is 6.13. The predicted octanol–water partition coefficient (Wildman–Crippen LogP) is 5.89. The lowest BCUT2D eigenvalue weighted by molar-refractivity contribution is 0.684. The first-order valence-electron chi connectivity index (χ1n) is 8.18. The average molecular weight is 420 g/mol. The number of aryl methyl sites for hydroxylation is 4. The summed E-state index contributed by atoms with van der Waals surface area (Å²) in [6, 6.07) is 14.4. The van der Waals surface area contributed by atoms with Gasteiger partial charge >= 0.3 is 0 Å². The van der Waals surface area contributed by atoms with Crippen molar-refractivity contribution in [2.75, 3.05) is 5.33 Å². The third-order valence-electron chi connectivity index (χ3n) is 5.24. The van der Waals surface area contributed by atoms with E-state index in [9.17, 15) is 0 Å². The Morgan fingerprint density at radius 2 is 1.41 bits per heavy atom. The molecule has 0 fully saturated rings. The van der Waals surface area contributed by atoms with E-state index in [-0.39, 0.29) is 0 Å². The molecule has 22 heavy (non-hydrogen) atoms. The summed E-state index contributed by atoms with van der Waals surface area (Å²) in [6.45, 7) is 0. The Morgan fingerprint density at radius 1 is 0.818 bits per heavy atom. The van der Waals surface area contributed by atoms with Crippen LogP contribution in [0.2, 0.25) is 0 Å². The number of hydrogen-bond acceptors (Lipinski definition) is 0. The zero-order chi connectivity index (χ0) is 15.1. The third-order valence-corrected chi connectivity index (χ3v) is 6.89. The molecular weight excluding hydrogens is 400 g/mol. The Balaban J connectivity index is 1.95. The number of rotatable bonds is 1. The van der Waals surface area contributed by atoms with Gasteiger partial charge in [0.25, 0.3) is 0 Å². The SMILES string of the molecule is BrC[C@@H]1C[C@H](Br)c2cc3ccc2CCc2ccc(cc21)CC3. The summed E-state index contributed by atoms with van der Waals surface area (Å²) in [6.07, 6.45) is 5.77. The van der Waals surface area contributed by atoms with Crippen molar-refractivity contribution in [1.29, 1.82) is 0 Å². The molecule has 0 amide bonds. The van der Waals surface area contributed by atoms with E-state index in [2.05, 4.69) is 68.3 Å². The number of halogens is 2. The molecule has 2 aliphatic carbocycles. The van der Waals surface area contributed by atoms with E-state index in [0.29, 0.717) is 10.7 Å². The molecule has 0 saturated heterocycles. The van der Waals surface area contributed by atoms with Gasteiger partial charge in [0.05, 0.1) is 0 Å². The first-order valence-corrected chi connectivity index (χ1v) is 10.2. The van der Waals surface area contributed by atoms with Crippen molar-refractivity contribution in [1.82, 2.24) is 0 Å². The highest BCUT2D eigenvalue weighted by atomic mass is 79.9. The molecule has 4 bridgehead atoms. The van der Waals surface area contributed by atoms with Crippen LogP contribution in [0.5, 0.6) is 0 Å². The molecule has 0 aliphatic heterocycles. The van der Waals surface area contributed by atoms with Crippen molar-refractivity contribution in [2.45, 2.75) is 42.8 Å². The zero-order valence-corrected chi connectivity index (χ0v) is 15.8. The van der Waals surface area contributed by atoms with Gasteiger partial charge in [-0.1, -0.05) is 68.3 Å². The summed E-state index contributed by atoms with van der Waals surface area (Å²) in [7, 11) is 0. The summed E-state index contributed by atoms with van der Waals surface area (Å²) in [5.41, 5.74) is 9.14. The summed E-state index contributed by atoms with van der Waals surface area (Å²) in [5.74, 6) is 0.590. The first-order chi connectivity index (χ1) is 10.7. The highest BCUT2D eigenvalue weighted by Gasteiger charge is 2.24. The van der Waals surface area contributed by atoms with Crippen LogP contribution in [0.3, 0.4) is 0 Å². The molecule has 2 heteroatoms. The minimum absolute atomic E-state index is 0.456. The van der Waals surface area contributed by atoms with Crippen molar-refractivity contribution in [3.05, 3.63) is 69.8 Å². The summed E-state index contributed by atoms with van der Waals surface area (Å²) in [5, 5.41) is 1.04. The van der Waals surface area contributed by atoms with E-state index in [1.807, 2.05) is 0 Å². The number of hydrogen-bond donors (Lipinski definition) is 0. The second-order valence-corrected chi connectivity index (χ2v) is 8.37. The van der Waals surface area contributed by atoms with Gasteiger partial charge in [0, 0.05) is 10.2 Å². The van der Waals surface area contributed by atoms with Crippen LogP contribution < -0.4 is 0 Å². The van der Waals surface area contributed by atoms with Crippen LogP contribution in [0, 0.1) is 0 Å². The van der Waals surface area contributed by atoms with Gasteiger partial charge in [-0.05, 0) is 71.4 Å². The summed E-state index contributed by atoms with van der Waals surface area (Å²) < 4.78 is 0. The van der Waals surface area contributed by atoms with Crippen molar-refractivity contribution in [3.63, 3.8) is 0 Å². The molecule has 2 aromatic carbocycles. The van der Waals surface area contributed by atoms with E-state index in [0.717, 1.165) is 37.4 Å². The van der Waals surface area contributed by atoms with Crippen molar-refractivity contribution in [2.24, 2.45) is 0 Å². The van der Waals surface area contributed by atoms with Gasteiger partial charge in [0.15, 0.2) is 0 Å². The van der Waals surface area contributed by atoms with Gasteiger partial charge in [-0.2, -0.15) is 0 Å². The van der Waals surface area contributed by atoms with Crippen molar-refractivity contribution in [3.8, 4) is 0 Å². The van der Waals surface area contributed by atoms with Gasteiger partial charge in [-0.15, -0.1) is 0 Å². The van der Waals surface area contributed by atoms with E-state index in [1.54, 1.807) is 11.1 Å². The highest BCUT2D eigenvalue weighted by molar-refractivity contribution is 9.09. The Bertz CT molecular complexity index is 705. The molecule has 2 atom stereocenters. The van der Waals surface area contributed by atoms with E-state index in [1.165, 1.54) is 22.3 Å². The zero-order valence-electron chi connectivity index (χ0n) is 12.6. The molecule has 0 nitrogen and oxygen atoms in total. The number of alkyl halides is 2. The molecule has 0 radical (unpaired) electrons. The third kappa shape index (κ3) is 2.69. The van der Waals surface area contributed by atoms with Crippen LogP contribution in [0.25, 0.3) is 0 Å².